The van der Waals surface area contributed by atoms with E-state index in [1.807, 2.05) is 13.0 Å². The standard InChI is InChI=1S/C21H24N2O5S/c1-2-28-18-9-10-20-16(14-18)13-17(21(25)22-20)15-23(11-6-12-24)29(26,27)19-7-4-3-5-8-19/h3-5,7-10,13-14,24H,2,6,11-12,15H2,1H3,(H,22,25). The highest BCUT2D eigenvalue weighted by Crippen LogP contribution is 2.22. The molecule has 2 N–H and O–H groups in total. The summed E-state index contributed by atoms with van der Waals surface area (Å²) in [6, 6.07) is 15.1. The molecule has 1 aromatic heterocycles. The minimum absolute atomic E-state index is 0.0959. The molecule has 0 radical (unpaired) electrons. The van der Waals surface area contributed by atoms with Gasteiger partial charge < -0.3 is 14.8 Å². The van der Waals surface area contributed by atoms with Gasteiger partial charge in [-0.2, -0.15) is 4.31 Å². The zero-order valence-corrected chi connectivity index (χ0v) is 17.0. The number of aliphatic hydroxyl groups excluding tert-OH is 1. The molecule has 0 saturated heterocycles. The number of fused-ring (bicyclic) bond motifs is 1. The van der Waals surface area contributed by atoms with E-state index in [9.17, 15) is 18.3 Å². The number of pyridine rings is 1. The molecule has 0 amide bonds. The normalized spacial score (nSPS) is 11.8. The van der Waals surface area contributed by atoms with Gasteiger partial charge in [-0.15, -0.1) is 0 Å². The van der Waals surface area contributed by atoms with Gasteiger partial charge >= 0.3 is 0 Å². The van der Waals surface area contributed by atoms with E-state index in [4.69, 9.17) is 4.74 Å². The molecule has 0 spiro atoms. The molecule has 1 heterocycles. The Bertz CT molecular complexity index is 1130. The van der Waals surface area contributed by atoms with Crippen LogP contribution >= 0.6 is 0 Å². The van der Waals surface area contributed by atoms with Gasteiger partial charge in [-0.25, -0.2) is 8.42 Å². The molecule has 0 aliphatic heterocycles. The van der Waals surface area contributed by atoms with E-state index in [0.29, 0.717) is 23.4 Å². The summed E-state index contributed by atoms with van der Waals surface area (Å²) in [6.45, 7) is 2.26. The zero-order valence-electron chi connectivity index (χ0n) is 16.2. The van der Waals surface area contributed by atoms with Crippen molar-refractivity contribution < 1.29 is 18.3 Å². The number of nitrogens with one attached hydrogen (secondary N) is 1. The number of H-pyrrole nitrogens is 1. The second-order valence-electron chi connectivity index (χ2n) is 6.53. The second kappa shape index (κ2) is 9.21. The van der Waals surface area contributed by atoms with Crippen molar-refractivity contribution in [1.82, 2.24) is 9.29 Å². The summed E-state index contributed by atoms with van der Waals surface area (Å²) in [5.74, 6) is 0.673. The highest BCUT2D eigenvalue weighted by molar-refractivity contribution is 7.89. The maximum atomic E-state index is 13.1. The maximum absolute atomic E-state index is 13.1. The van der Waals surface area contributed by atoms with Crippen molar-refractivity contribution in [2.24, 2.45) is 0 Å². The van der Waals surface area contributed by atoms with Crippen molar-refractivity contribution in [1.29, 1.82) is 0 Å². The molecular weight excluding hydrogens is 392 g/mol. The number of rotatable bonds is 9. The smallest absolute Gasteiger partial charge is 0.252 e. The minimum atomic E-state index is -3.81. The van der Waals surface area contributed by atoms with Crippen LogP contribution in [0.15, 0.2) is 64.3 Å². The van der Waals surface area contributed by atoms with Gasteiger partial charge in [0.1, 0.15) is 5.75 Å². The third-order valence-corrected chi connectivity index (χ3v) is 6.36. The molecule has 0 atom stereocenters. The number of hydrogen-bond acceptors (Lipinski definition) is 5. The number of aromatic amines is 1. The summed E-state index contributed by atoms with van der Waals surface area (Å²) in [7, 11) is -3.81. The first-order chi connectivity index (χ1) is 14.0. The second-order valence-corrected chi connectivity index (χ2v) is 8.47. The van der Waals surface area contributed by atoms with Crippen LogP contribution in [0.1, 0.15) is 18.9 Å². The number of aromatic nitrogens is 1. The summed E-state index contributed by atoms with van der Waals surface area (Å²) in [6.07, 6.45) is 0.270. The van der Waals surface area contributed by atoms with Gasteiger partial charge in [0, 0.05) is 36.2 Å². The fourth-order valence-corrected chi connectivity index (χ4v) is 4.54. The summed E-state index contributed by atoms with van der Waals surface area (Å²) < 4.78 is 32.9. The maximum Gasteiger partial charge on any atom is 0.252 e. The molecule has 0 aliphatic rings. The van der Waals surface area contributed by atoms with Gasteiger partial charge in [-0.3, -0.25) is 4.79 Å². The Balaban J connectivity index is 1.99. The third-order valence-electron chi connectivity index (χ3n) is 4.50. The average Bonchev–Trinajstić information content (AvgIpc) is 2.72. The van der Waals surface area contributed by atoms with Crippen molar-refractivity contribution in [3.05, 3.63) is 70.5 Å². The highest BCUT2D eigenvalue weighted by atomic mass is 32.2. The van der Waals surface area contributed by atoms with Gasteiger partial charge in [0.25, 0.3) is 5.56 Å². The lowest BCUT2D eigenvalue weighted by atomic mass is 10.1. The molecule has 7 nitrogen and oxygen atoms in total. The van der Waals surface area contributed by atoms with Crippen LogP contribution < -0.4 is 10.3 Å². The van der Waals surface area contributed by atoms with Crippen molar-refractivity contribution in [2.45, 2.75) is 24.8 Å². The van der Waals surface area contributed by atoms with E-state index >= 15 is 0 Å². The number of ether oxygens (including phenoxy) is 1. The number of aliphatic hydroxyl groups is 1. The number of benzene rings is 2. The molecule has 0 fully saturated rings. The Morgan fingerprint density at radius 2 is 1.86 bits per heavy atom. The molecule has 0 saturated carbocycles. The SMILES string of the molecule is CCOc1ccc2[nH]c(=O)c(CN(CCCO)S(=O)(=O)c3ccccc3)cc2c1. The van der Waals surface area contributed by atoms with Crippen LogP contribution in [-0.2, 0) is 16.6 Å². The van der Waals surface area contributed by atoms with Crippen molar-refractivity contribution in [2.75, 3.05) is 19.8 Å². The summed E-state index contributed by atoms with van der Waals surface area (Å²) in [5, 5.41) is 9.95. The summed E-state index contributed by atoms with van der Waals surface area (Å²) >= 11 is 0. The van der Waals surface area contributed by atoms with Gasteiger partial charge in [0.15, 0.2) is 0 Å². The van der Waals surface area contributed by atoms with Crippen molar-refractivity contribution >= 4 is 20.9 Å². The van der Waals surface area contributed by atoms with E-state index in [2.05, 4.69) is 4.98 Å². The lowest BCUT2D eigenvalue weighted by molar-refractivity contribution is 0.267. The van der Waals surface area contributed by atoms with E-state index in [0.717, 1.165) is 5.39 Å². The van der Waals surface area contributed by atoms with Crippen LogP contribution in [0.3, 0.4) is 0 Å². The fourth-order valence-electron chi connectivity index (χ4n) is 3.07. The van der Waals surface area contributed by atoms with Gasteiger partial charge in [0.05, 0.1) is 11.5 Å². The molecule has 2 aromatic carbocycles. The molecule has 3 aromatic rings. The largest absolute Gasteiger partial charge is 0.494 e. The first-order valence-electron chi connectivity index (χ1n) is 9.40. The predicted molar refractivity (Wildman–Crippen MR) is 111 cm³/mol. The lowest BCUT2D eigenvalue weighted by Gasteiger charge is -2.22. The Hall–Kier alpha value is -2.68. The fraction of sp³-hybridized carbons (Fsp3) is 0.286. The van der Waals surface area contributed by atoms with Crippen molar-refractivity contribution in [3.63, 3.8) is 0 Å². The van der Waals surface area contributed by atoms with Crippen LogP contribution in [0.2, 0.25) is 0 Å². The monoisotopic (exact) mass is 416 g/mol. The van der Waals surface area contributed by atoms with Crippen LogP contribution in [0.25, 0.3) is 10.9 Å². The molecule has 29 heavy (non-hydrogen) atoms. The van der Waals surface area contributed by atoms with E-state index in [1.54, 1.807) is 36.4 Å². The molecular formula is C21H24N2O5S. The molecule has 0 unspecified atom stereocenters. The van der Waals surface area contributed by atoms with Gasteiger partial charge in [0.2, 0.25) is 10.0 Å². The topological polar surface area (TPSA) is 99.7 Å². The molecule has 0 bridgehead atoms. The van der Waals surface area contributed by atoms with Gasteiger partial charge in [-0.1, -0.05) is 18.2 Å². The van der Waals surface area contributed by atoms with Crippen LogP contribution in [0.5, 0.6) is 5.75 Å². The summed E-state index contributed by atoms with van der Waals surface area (Å²) in [4.78, 5) is 15.5. The molecule has 3 rings (SSSR count). The third kappa shape index (κ3) is 4.84. The first kappa shape index (κ1) is 21.0. The van der Waals surface area contributed by atoms with Crippen LogP contribution in [0, 0.1) is 0 Å². The minimum Gasteiger partial charge on any atom is -0.494 e. The quantitative estimate of drug-likeness (QED) is 0.558. The lowest BCUT2D eigenvalue weighted by Crippen LogP contribution is -2.34. The number of nitrogens with zero attached hydrogens (tertiary/aromatic N) is 1. The Morgan fingerprint density at radius 1 is 1.10 bits per heavy atom. The van der Waals surface area contributed by atoms with Crippen LogP contribution in [0.4, 0.5) is 0 Å². The number of hydrogen-bond donors (Lipinski definition) is 2. The Labute approximate surface area is 169 Å². The van der Waals surface area contributed by atoms with E-state index in [-0.39, 0.29) is 36.6 Å². The van der Waals surface area contributed by atoms with Crippen molar-refractivity contribution in [3.8, 4) is 5.75 Å². The number of sulfonamides is 1. The van der Waals surface area contributed by atoms with Gasteiger partial charge in [-0.05, 0) is 49.7 Å². The first-order valence-corrected chi connectivity index (χ1v) is 10.8. The Morgan fingerprint density at radius 3 is 2.55 bits per heavy atom. The highest BCUT2D eigenvalue weighted by Gasteiger charge is 2.25. The zero-order chi connectivity index (χ0) is 20.9. The Kier molecular flexibility index (Phi) is 6.68. The summed E-state index contributed by atoms with van der Waals surface area (Å²) in [5.41, 5.74) is 0.623. The van der Waals surface area contributed by atoms with E-state index in [1.165, 1.54) is 16.4 Å². The molecule has 8 heteroatoms. The predicted octanol–water partition coefficient (Wildman–Crippen LogP) is 2.50. The van der Waals surface area contributed by atoms with Crippen LogP contribution in [-0.4, -0.2) is 42.6 Å². The molecule has 0 aliphatic carbocycles. The van der Waals surface area contributed by atoms with E-state index < -0.39 is 10.0 Å². The average molecular weight is 416 g/mol. The molecule has 154 valence electrons.